The van der Waals surface area contributed by atoms with Gasteiger partial charge in [-0.15, -0.1) is 11.3 Å². The molecule has 0 unspecified atom stereocenters. The molecule has 200 valence electrons. The number of esters is 1. The van der Waals surface area contributed by atoms with E-state index in [2.05, 4.69) is 17.6 Å². The summed E-state index contributed by atoms with van der Waals surface area (Å²) >= 11 is 7.48. The lowest BCUT2D eigenvalue weighted by molar-refractivity contribution is -0.122. The molecule has 1 aromatic heterocycles. The molecule has 0 saturated carbocycles. The molecule has 2 N–H and O–H groups in total. The molecule has 2 atom stereocenters. The molecule has 1 heterocycles. The summed E-state index contributed by atoms with van der Waals surface area (Å²) in [5, 5.41) is 6.79. The summed E-state index contributed by atoms with van der Waals surface area (Å²) in [6.07, 6.45) is 1.91. The molecule has 0 bridgehead atoms. The van der Waals surface area contributed by atoms with Gasteiger partial charge in [-0.1, -0.05) is 24.6 Å². The highest BCUT2D eigenvalue weighted by atomic mass is 35.5. The molecule has 0 fully saturated rings. The Kier molecular flexibility index (Phi) is 8.74. The summed E-state index contributed by atoms with van der Waals surface area (Å²) in [5.41, 5.74) is 3.38. The molecule has 0 radical (unpaired) electrons. The molecule has 9 heteroatoms. The smallest absolute Gasteiger partial charge is 0.341 e. The fraction of sp³-hybridized carbons (Fsp3) is 0.345. The van der Waals surface area contributed by atoms with E-state index in [1.807, 2.05) is 13.0 Å². The molecule has 2 amide bonds. The van der Waals surface area contributed by atoms with E-state index in [-0.39, 0.29) is 18.4 Å². The Morgan fingerprint density at radius 3 is 2.58 bits per heavy atom. The summed E-state index contributed by atoms with van der Waals surface area (Å²) < 4.78 is 11.1. The number of amides is 2. The topological polar surface area (TPSA) is 93.7 Å². The molecule has 7 nitrogen and oxygen atoms in total. The molecule has 4 rings (SSSR count). The third-order valence-corrected chi connectivity index (χ3v) is 7.88. The van der Waals surface area contributed by atoms with Crippen molar-refractivity contribution < 1.29 is 23.9 Å². The highest BCUT2D eigenvalue weighted by Gasteiger charge is 2.29. The Balaban J connectivity index is 1.43. The van der Waals surface area contributed by atoms with Crippen LogP contribution >= 0.6 is 22.9 Å². The van der Waals surface area contributed by atoms with Gasteiger partial charge in [0.25, 0.3) is 11.8 Å². The van der Waals surface area contributed by atoms with Gasteiger partial charge in [-0.25, -0.2) is 4.79 Å². The summed E-state index contributed by atoms with van der Waals surface area (Å²) in [7, 11) is 0. The number of rotatable bonds is 8. The lowest BCUT2D eigenvalue weighted by Crippen LogP contribution is -2.30. The second-order valence-electron chi connectivity index (χ2n) is 9.46. The molecule has 1 aliphatic carbocycles. The number of nitrogens with one attached hydrogen (secondary N) is 2. The van der Waals surface area contributed by atoms with Crippen molar-refractivity contribution in [3.05, 3.63) is 74.6 Å². The van der Waals surface area contributed by atoms with Gasteiger partial charge in [0.1, 0.15) is 10.8 Å². The Morgan fingerprint density at radius 1 is 1.13 bits per heavy atom. The van der Waals surface area contributed by atoms with Crippen molar-refractivity contribution in [1.82, 2.24) is 0 Å². The normalized spacial score (nSPS) is 15.2. The standard InChI is InChI=1S/C29H31ClN2O5S/c1-5-36-29(35)25-22-13-6-16(2)14-24(22)38-28(25)32-27(34)19-8-11-21(12-9-19)37-18(4)26(33)31-23-15-20(30)10-7-17(23)3/h7-12,15-16,18H,5-6,13-14H2,1-4H3,(H,31,33)(H,32,34)/t16-,18+/m0/s1. The number of anilines is 2. The van der Waals surface area contributed by atoms with E-state index in [1.54, 1.807) is 50.2 Å². The summed E-state index contributed by atoms with van der Waals surface area (Å²) in [4.78, 5) is 39.5. The number of ether oxygens (including phenoxy) is 2. The first-order valence-corrected chi connectivity index (χ1v) is 13.8. The van der Waals surface area contributed by atoms with Crippen LogP contribution in [0.5, 0.6) is 5.75 Å². The maximum atomic E-state index is 13.1. The fourth-order valence-electron chi connectivity index (χ4n) is 4.34. The van der Waals surface area contributed by atoms with Gasteiger partial charge in [0, 0.05) is 21.2 Å². The van der Waals surface area contributed by atoms with Gasteiger partial charge in [0.2, 0.25) is 0 Å². The maximum Gasteiger partial charge on any atom is 0.341 e. The van der Waals surface area contributed by atoms with E-state index in [0.717, 1.165) is 35.3 Å². The zero-order valence-electron chi connectivity index (χ0n) is 21.9. The highest BCUT2D eigenvalue weighted by molar-refractivity contribution is 7.17. The van der Waals surface area contributed by atoms with Gasteiger partial charge in [0.15, 0.2) is 6.10 Å². The number of thiophene rings is 1. The zero-order valence-corrected chi connectivity index (χ0v) is 23.4. The van der Waals surface area contributed by atoms with Crippen molar-refractivity contribution in [2.75, 3.05) is 17.2 Å². The first-order chi connectivity index (χ1) is 18.2. The Labute approximate surface area is 231 Å². The monoisotopic (exact) mass is 554 g/mol. The largest absolute Gasteiger partial charge is 0.481 e. The van der Waals surface area contributed by atoms with Crippen LogP contribution in [0.1, 0.15) is 63.9 Å². The number of carbonyl (C=O) groups is 3. The van der Waals surface area contributed by atoms with Crippen LogP contribution in [0.4, 0.5) is 10.7 Å². The SMILES string of the molecule is CCOC(=O)c1c(NC(=O)c2ccc(O[C@H](C)C(=O)Nc3cc(Cl)ccc3C)cc2)sc2c1CC[C@H](C)C2. The minimum absolute atomic E-state index is 0.268. The molecule has 0 aliphatic heterocycles. The van der Waals surface area contributed by atoms with E-state index in [0.29, 0.717) is 38.5 Å². The number of halogens is 1. The Bertz CT molecular complexity index is 1350. The molecule has 3 aromatic rings. The number of fused-ring (bicyclic) bond motifs is 1. The van der Waals surface area contributed by atoms with E-state index in [4.69, 9.17) is 21.1 Å². The van der Waals surface area contributed by atoms with Crippen LogP contribution in [0.2, 0.25) is 5.02 Å². The zero-order chi connectivity index (χ0) is 27.4. The van der Waals surface area contributed by atoms with Crippen LogP contribution in [-0.4, -0.2) is 30.5 Å². The molecular formula is C29H31ClN2O5S. The Morgan fingerprint density at radius 2 is 1.87 bits per heavy atom. The lowest BCUT2D eigenvalue weighted by atomic mass is 9.88. The van der Waals surface area contributed by atoms with E-state index < -0.39 is 12.1 Å². The molecule has 38 heavy (non-hydrogen) atoms. The van der Waals surface area contributed by atoms with Gasteiger partial charge in [-0.3, -0.25) is 9.59 Å². The molecule has 0 spiro atoms. The van der Waals surface area contributed by atoms with Crippen molar-refractivity contribution in [2.45, 2.75) is 53.1 Å². The predicted molar refractivity (Wildman–Crippen MR) is 151 cm³/mol. The van der Waals surface area contributed by atoms with Crippen molar-refractivity contribution in [2.24, 2.45) is 5.92 Å². The first kappa shape index (κ1) is 27.7. The van der Waals surface area contributed by atoms with E-state index >= 15 is 0 Å². The third-order valence-electron chi connectivity index (χ3n) is 6.47. The number of hydrogen-bond acceptors (Lipinski definition) is 6. The summed E-state index contributed by atoms with van der Waals surface area (Å²) in [6, 6.07) is 11.8. The number of carbonyl (C=O) groups excluding carboxylic acids is 3. The van der Waals surface area contributed by atoms with Gasteiger partial charge in [0.05, 0.1) is 12.2 Å². The van der Waals surface area contributed by atoms with Crippen molar-refractivity contribution >= 4 is 51.4 Å². The average molecular weight is 555 g/mol. The van der Waals surface area contributed by atoms with E-state index in [9.17, 15) is 14.4 Å². The van der Waals surface area contributed by atoms with Crippen LogP contribution in [0.15, 0.2) is 42.5 Å². The van der Waals surface area contributed by atoms with Crippen LogP contribution in [0.25, 0.3) is 0 Å². The quantitative estimate of drug-likeness (QED) is 0.303. The summed E-state index contributed by atoms with van der Waals surface area (Å²) in [6.45, 7) is 7.75. The Hall–Kier alpha value is -3.36. The predicted octanol–water partition coefficient (Wildman–Crippen LogP) is 6.67. The van der Waals surface area contributed by atoms with Crippen molar-refractivity contribution in [1.29, 1.82) is 0 Å². The molecule has 0 saturated heterocycles. The van der Waals surface area contributed by atoms with Gasteiger partial charge >= 0.3 is 5.97 Å². The van der Waals surface area contributed by atoms with Gasteiger partial charge < -0.3 is 20.1 Å². The summed E-state index contributed by atoms with van der Waals surface area (Å²) in [5.74, 6) is -0.0828. The third kappa shape index (κ3) is 6.37. The number of aryl methyl sites for hydroxylation is 1. The second-order valence-corrected chi connectivity index (χ2v) is 11.0. The minimum atomic E-state index is -0.778. The maximum absolute atomic E-state index is 13.1. The van der Waals surface area contributed by atoms with E-state index in [1.165, 1.54) is 11.3 Å². The fourth-order valence-corrected chi connectivity index (χ4v) is 5.91. The number of hydrogen-bond donors (Lipinski definition) is 2. The second kappa shape index (κ2) is 12.0. The average Bonchev–Trinajstić information content (AvgIpc) is 3.23. The van der Waals surface area contributed by atoms with Crippen molar-refractivity contribution in [3.63, 3.8) is 0 Å². The number of benzene rings is 2. The lowest BCUT2D eigenvalue weighted by Gasteiger charge is -2.18. The molecule has 1 aliphatic rings. The molecular weight excluding hydrogens is 524 g/mol. The van der Waals surface area contributed by atoms with Crippen LogP contribution in [-0.2, 0) is 22.4 Å². The van der Waals surface area contributed by atoms with Gasteiger partial charge in [-0.05, 0) is 93.5 Å². The van der Waals surface area contributed by atoms with Crippen LogP contribution in [0.3, 0.4) is 0 Å². The van der Waals surface area contributed by atoms with Crippen molar-refractivity contribution in [3.8, 4) is 5.75 Å². The van der Waals surface area contributed by atoms with Crippen LogP contribution < -0.4 is 15.4 Å². The highest BCUT2D eigenvalue weighted by Crippen LogP contribution is 2.40. The van der Waals surface area contributed by atoms with Crippen LogP contribution in [0, 0.1) is 12.8 Å². The first-order valence-electron chi connectivity index (χ1n) is 12.6. The minimum Gasteiger partial charge on any atom is -0.481 e. The molecule has 2 aromatic carbocycles. The van der Waals surface area contributed by atoms with Gasteiger partial charge in [-0.2, -0.15) is 0 Å².